The summed E-state index contributed by atoms with van der Waals surface area (Å²) < 4.78 is 0. The number of aromatic amines is 1. The van der Waals surface area contributed by atoms with Crippen LogP contribution >= 0.6 is 0 Å². The molecule has 0 unspecified atom stereocenters. The van der Waals surface area contributed by atoms with E-state index in [2.05, 4.69) is 37.9 Å². The maximum absolute atomic E-state index is 11.8. The van der Waals surface area contributed by atoms with Crippen molar-refractivity contribution in [1.29, 1.82) is 0 Å². The number of benzene rings is 2. The Kier molecular flexibility index (Phi) is 4.92. The molecular formula is C26H31NO3. The van der Waals surface area contributed by atoms with E-state index in [4.69, 9.17) is 0 Å². The van der Waals surface area contributed by atoms with E-state index in [1.807, 2.05) is 6.07 Å². The first-order chi connectivity index (χ1) is 14.1. The molecule has 4 nitrogen and oxygen atoms in total. The van der Waals surface area contributed by atoms with Crippen molar-refractivity contribution in [2.75, 3.05) is 0 Å². The van der Waals surface area contributed by atoms with Crippen LogP contribution in [0, 0.1) is 12.3 Å². The van der Waals surface area contributed by atoms with Gasteiger partial charge in [-0.2, -0.15) is 0 Å². The zero-order chi connectivity index (χ0) is 21.8. The number of ketones is 1. The van der Waals surface area contributed by atoms with Gasteiger partial charge >= 0.3 is 0 Å². The molecule has 4 rings (SSSR count). The number of hydrogen-bond acceptors (Lipinski definition) is 3. The van der Waals surface area contributed by atoms with E-state index < -0.39 is 0 Å². The second kappa shape index (κ2) is 7.19. The molecule has 0 spiro atoms. The van der Waals surface area contributed by atoms with E-state index in [0.29, 0.717) is 16.4 Å². The van der Waals surface area contributed by atoms with Crippen molar-refractivity contribution in [3.05, 3.63) is 46.0 Å². The van der Waals surface area contributed by atoms with Gasteiger partial charge in [0.15, 0.2) is 11.5 Å². The number of nitrogens with one attached hydrogen (secondary N) is 1. The summed E-state index contributed by atoms with van der Waals surface area (Å²) >= 11 is 0. The first-order valence-electron chi connectivity index (χ1n) is 10.7. The standard InChI is InChI=1S/C26H31NO3/c1-14-13-26(4,5)9-8-18(14)11-17-6-7-21-20(12-17)22-23(27-21)19(10-15(2)28)16(3)24(29)25(22)30/h6-7,12,27,29-30H,8-11,13H2,1-5H3. The quantitative estimate of drug-likeness (QED) is 0.355. The SMILES string of the molecule is CC(=O)Cc1c(C)c(O)c(O)c2c1[nH]c1ccc(CC3=C(C)CC(C)(C)CC3)cc12. The molecule has 1 aliphatic rings. The third-order valence-electron chi connectivity index (χ3n) is 6.73. The minimum atomic E-state index is -0.141. The van der Waals surface area contributed by atoms with Gasteiger partial charge in [0.25, 0.3) is 0 Å². The second-order valence-electron chi connectivity index (χ2n) is 9.84. The predicted octanol–water partition coefficient (Wildman–Crippen LogP) is 6.24. The summed E-state index contributed by atoms with van der Waals surface area (Å²) in [5, 5.41) is 22.7. The van der Waals surface area contributed by atoms with Crippen molar-refractivity contribution < 1.29 is 15.0 Å². The molecular weight excluding hydrogens is 374 g/mol. The normalized spacial score (nSPS) is 16.6. The lowest BCUT2D eigenvalue weighted by molar-refractivity contribution is -0.116. The van der Waals surface area contributed by atoms with Crippen LogP contribution in [0.4, 0.5) is 0 Å². The number of aromatic hydroxyl groups is 2. The first-order valence-corrected chi connectivity index (χ1v) is 10.7. The molecule has 1 aliphatic carbocycles. The van der Waals surface area contributed by atoms with Gasteiger partial charge in [-0.15, -0.1) is 0 Å². The van der Waals surface area contributed by atoms with Gasteiger partial charge in [0.1, 0.15) is 5.78 Å². The highest BCUT2D eigenvalue weighted by Gasteiger charge is 2.25. The van der Waals surface area contributed by atoms with Gasteiger partial charge in [-0.3, -0.25) is 4.79 Å². The summed E-state index contributed by atoms with van der Waals surface area (Å²) in [5.41, 5.74) is 7.51. The number of phenols is 2. The van der Waals surface area contributed by atoms with Gasteiger partial charge in [-0.25, -0.2) is 0 Å². The fraction of sp³-hybridized carbons (Fsp3) is 0.423. The number of carbonyl (C=O) groups is 1. The van der Waals surface area contributed by atoms with Crippen LogP contribution < -0.4 is 0 Å². The van der Waals surface area contributed by atoms with Gasteiger partial charge in [-0.1, -0.05) is 31.1 Å². The molecule has 4 heteroatoms. The summed E-state index contributed by atoms with van der Waals surface area (Å²) in [4.78, 5) is 15.2. The minimum absolute atomic E-state index is 0.0199. The number of phenolic OH excluding ortho intramolecular Hbond substituents is 2. The van der Waals surface area contributed by atoms with E-state index in [1.165, 1.54) is 30.1 Å². The van der Waals surface area contributed by atoms with E-state index in [0.717, 1.165) is 41.2 Å². The topological polar surface area (TPSA) is 73.3 Å². The molecule has 30 heavy (non-hydrogen) atoms. The van der Waals surface area contributed by atoms with Gasteiger partial charge in [0, 0.05) is 22.9 Å². The lowest BCUT2D eigenvalue weighted by Crippen LogP contribution is -2.18. The Balaban J connectivity index is 1.84. The van der Waals surface area contributed by atoms with Gasteiger partial charge in [0.2, 0.25) is 0 Å². The first kappa shape index (κ1) is 20.5. The minimum Gasteiger partial charge on any atom is -0.504 e. The lowest BCUT2D eigenvalue weighted by Gasteiger charge is -2.32. The molecule has 3 aromatic rings. The number of hydrogen-bond donors (Lipinski definition) is 3. The van der Waals surface area contributed by atoms with Gasteiger partial charge in [0.05, 0.1) is 10.9 Å². The maximum Gasteiger partial charge on any atom is 0.167 e. The molecule has 0 radical (unpaired) electrons. The molecule has 0 atom stereocenters. The maximum atomic E-state index is 11.8. The number of H-pyrrole nitrogens is 1. The van der Waals surface area contributed by atoms with Crippen LogP contribution in [0.2, 0.25) is 0 Å². The van der Waals surface area contributed by atoms with Crippen LogP contribution in [0.1, 0.15) is 63.6 Å². The van der Waals surface area contributed by atoms with E-state index in [9.17, 15) is 15.0 Å². The molecule has 158 valence electrons. The van der Waals surface area contributed by atoms with E-state index in [1.54, 1.807) is 6.92 Å². The highest BCUT2D eigenvalue weighted by molar-refractivity contribution is 6.13. The molecule has 2 aromatic carbocycles. The van der Waals surface area contributed by atoms with Crippen molar-refractivity contribution in [2.45, 2.75) is 66.7 Å². The average Bonchev–Trinajstić information content (AvgIpc) is 3.04. The Morgan fingerprint density at radius 1 is 1.17 bits per heavy atom. The van der Waals surface area contributed by atoms with Crippen LogP contribution in [0.3, 0.4) is 0 Å². The molecule has 0 fully saturated rings. The van der Waals surface area contributed by atoms with E-state index >= 15 is 0 Å². The van der Waals surface area contributed by atoms with Crippen molar-refractivity contribution >= 4 is 27.6 Å². The van der Waals surface area contributed by atoms with E-state index in [-0.39, 0.29) is 23.7 Å². The van der Waals surface area contributed by atoms with Crippen molar-refractivity contribution in [3.8, 4) is 11.5 Å². The van der Waals surface area contributed by atoms with Crippen LogP contribution in [0.25, 0.3) is 21.8 Å². The molecule has 1 heterocycles. The molecule has 0 saturated heterocycles. The average molecular weight is 406 g/mol. The van der Waals surface area contributed by atoms with Crippen LogP contribution in [-0.4, -0.2) is 21.0 Å². The highest BCUT2D eigenvalue weighted by atomic mass is 16.3. The summed E-state index contributed by atoms with van der Waals surface area (Å²) in [6.45, 7) is 10.2. The van der Waals surface area contributed by atoms with Gasteiger partial charge in [-0.05, 0) is 75.1 Å². The lowest BCUT2D eigenvalue weighted by atomic mass is 9.73. The largest absolute Gasteiger partial charge is 0.504 e. The molecule has 0 bridgehead atoms. The Morgan fingerprint density at radius 2 is 1.90 bits per heavy atom. The number of carbonyl (C=O) groups excluding carboxylic acids is 1. The molecule has 1 aromatic heterocycles. The third kappa shape index (κ3) is 3.49. The Hall–Kier alpha value is -2.75. The monoisotopic (exact) mass is 405 g/mol. The number of aromatic nitrogens is 1. The van der Waals surface area contributed by atoms with Gasteiger partial charge < -0.3 is 15.2 Å². The fourth-order valence-corrected chi connectivity index (χ4v) is 5.04. The number of fused-ring (bicyclic) bond motifs is 3. The summed E-state index contributed by atoms with van der Waals surface area (Å²) in [5.74, 6) is -0.238. The third-order valence-corrected chi connectivity index (χ3v) is 6.73. The van der Waals surface area contributed by atoms with Crippen LogP contribution in [-0.2, 0) is 17.6 Å². The second-order valence-corrected chi connectivity index (χ2v) is 9.84. The predicted molar refractivity (Wildman–Crippen MR) is 122 cm³/mol. The fourth-order valence-electron chi connectivity index (χ4n) is 5.04. The number of allylic oxidation sites excluding steroid dienone is 2. The van der Waals surface area contributed by atoms with Crippen molar-refractivity contribution in [1.82, 2.24) is 4.98 Å². The Morgan fingerprint density at radius 3 is 2.57 bits per heavy atom. The molecule has 0 saturated carbocycles. The smallest absolute Gasteiger partial charge is 0.167 e. The molecule has 3 N–H and O–H groups in total. The Bertz CT molecular complexity index is 1210. The van der Waals surface area contributed by atoms with Crippen molar-refractivity contribution in [3.63, 3.8) is 0 Å². The van der Waals surface area contributed by atoms with Crippen molar-refractivity contribution in [2.24, 2.45) is 5.41 Å². The van der Waals surface area contributed by atoms with Crippen LogP contribution in [0.5, 0.6) is 11.5 Å². The summed E-state index contributed by atoms with van der Waals surface area (Å²) in [6.07, 6.45) is 4.59. The Labute approximate surface area is 177 Å². The highest BCUT2D eigenvalue weighted by Crippen LogP contribution is 2.44. The van der Waals surface area contributed by atoms with Crippen LogP contribution in [0.15, 0.2) is 29.3 Å². The number of Topliss-reactive ketones (excluding diaryl/α,β-unsaturated/α-hetero) is 1. The summed E-state index contributed by atoms with van der Waals surface area (Å²) in [7, 11) is 0. The molecule has 0 aliphatic heterocycles. The molecule has 0 amide bonds. The zero-order valence-corrected chi connectivity index (χ0v) is 18.6. The number of rotatable bonds is 4. The zero-order valence-electron chi connectivity index (χ0n) is 18.6. The summed E-state index contributed by atoms with van der Waals surface area (Å²) in [6, 6.07) is 6.28.